The SMILES string of the molecule is CCCCOc1nc(C(C)(C)C)ccc1CNC(=O)C(C)c1ccc2nc(SCC)sc2c1. The van der Waals surface area contributed by atoms with Gasteiger partial charge in [-0.15, -0.1) is 11.3 Å². The molecule has 5 nitrogen and oxygen atoms in total. The van der Waals surface area contributed by atoms with Gasteiger partial charge in [0.05, 0.1) is 22.7 Å². The van der Waals surface area contributed by atoms with E-state index >= 15 is 0 Å². The molecule has 0 fully saturated rings. The largest absolute Gasteiger partial charge is 0.477 e. The molecule has 2 heterocycles. The van der Waals surface area contributed by atoms with Gasteiger partial charge in [-0.25, -0.2) is 9.97 Å². The monoisotopic (exact) mass is 485 g/mol. The number of thioether (sulfide) groups is 1. The molecule has 0 aliphatic heterocycles. The van der Waals surface area contributed by atoms with E-state index in [2.05, 4.69) is 51.0 Å². The van der Waals surface area contributed by atoms with Crippen molar-refractivity contribution in [3.8, 4) is 5.88 Å². The fourth-order valence-corrected chi connectivity index (χ4v) is 5.33. The average Bonchev–Trinajstić information content (AvgIpc) is 3.18. The van der Waals surface area contributed by atoms with Crippen molar-refractivity contribution in [2.75, 3.05) is 12.4 Å². The summed E-state index contributed by atoms with van der Waals surface area (Å²) in [6.07, 6.45) is 2.04. The second kappa shape index (κ2) is 11.3. The number of ether oxygens (including phenoxy) is 1. The van der Waals surface area contributed by atoms with Gasteiger partial charge in [-0.2, -0.15) is 0 Å². The number of amides is 1. The predicted molar refractivity (Wildman–Crippen MR) is 140 cm³/mol. The molecule has 0 bridgehead atoms. The van der Waals surface area contributed by atoms with Crippen LogP contribution in [0.4, 0.5) is 0 Å². The number of carbonyl (C=O) groups is 1. The number of rotatable bonds is 10. The Morgan fingerprint density at radius 3 is 2.67 bits per heavy atom. The molecule has 0 radical (unpaired) electrons. The van der Waals surface area contributed by atoms with E-state index in [-0.39, 0.29) is 17.2 Å². The number of aromatic nitrogens is 2. The van der Waals surface area contributed by atoms with Gasteiger partial charge in [0, 0.05) is 23.2 Å². The van der Waals surface area contributed by atoms with E-state index in [1.54, 1.807) is 23.1 Å². The number of pyridine rings is 1. The van der Waals surface area contributed by atoms with Crippen LogP contribution in [0.25, 0.3) is 10.2 Å². The Labute approximate surface area is 205 Å². The van der Waals surface area contributed by atoms with Crippen molar-refractivity contribution in [3.05, 3.63) is 47.2 Å². The van der Waals surface area contributed by atoms with E-state index in [0.717, 1.165) is 50.0 Å². The van der Waals surface area contributed by atoms with Crippen molar-refractivity contribution < 1.29 is 9.53 Å². The van der Waals surface area contributed by atoms with Gasteiger partial charge >= 0.3 is 0 Å². The van der Waals surface area contributed by atoms with Gasteiger partial charge in [-0.05, 0) is 42.9 Å². The van der Waals surface area contributed by atoms with Crippen molar-refractivity contribution in [1.29, 1.82) is 0 Å². The third-order valence-electron chi connectivity index (χ3n) is 5.45. The van der Waals surface area contributed by atoms with Crippen molar-refractivity contribution >= 4 is 39.2 Å². The normalized spacial score (nSPS) is 12.7. The highest BCUT2D eigenvalue weighted by Crippen LogP contribution is 2.32. The van der Waals surface area contributed by atoms with Gasteiger partial charge in [-0.1, -0.05) is 64.9 Å². The van der Waals surface area contributed by atoms with Gasteiger partial charge < -0.3 is 10.1 Å². The lowest BCUT2D eigenvalue weighted by molar-refractivity contribution is -0.122. The molecule has 0 aliphatic rings. The van der Waals surface area contributed by atoms with Crippen molar-refractivity contribution in [3.63, 3.8) is 0 Å². The van der Waals surface area contributed by atoms with Gasteiger partial charge in [0.15, 0.2) is 4.34 Å². The lowest BCUT2D eigenvalue weighted by Crippen LogP contribution is -2.28. The van der Waals surface area contributed by atoms with Crippen LogP contribution in [-0.2, 0) is 16.8 Å². The van der Waals surface area contributed by atoms with Crippen LogP contribution in [0.15, 0.2) is 34.7 Å². The predicted octanol–water partition coefficient (Wildman–Crippen LogP) is 6.70. The van der Waals surface area contributed by atoms with Gasteiger partial charge in [-0.3, -0.25) is 4.79 Å². The quantitative estimate of drug-likeness (QED) is 0.256. The zero-order valence-electron chi connectivity index (χ0n) is 20.5. The van der Waals surface area contributed by atoms with Gasteiger partial charge in [0.2, 0.25) is 11.8 Å². The van der Waals surface area contributed by atoms with Crippen LogP contribution in [0.3, 0.4) is 0 Å². The molecular formula is C26H35N3O2S2. The number of thiazole rings is 1. The van der Waals surface area contributed by atoms with Crippen LogP contribution in [0.2, 0.25) is 0 Å². The molecule has 0 spiro atoms. The van der Waals surface area contributed by atoms with E-state index in [9.17, 15) is 4.79 Å². The van der Waals surface area contributed by atoms with Crippen LogP contribution < -0.4 is 10.1 Å². The molecule has 33 heavy (non-hydrogen) atoms. The number of hydrogen-bond donors (Lipinski definition) is 1. The fraction of sp³-hybridized carbons (Fsp3) is 0.500. The summed E-state index contributed by atoms with van der Waals surface area (Å²) >= 11 is 3.43. The molecule has 1 atom stereocenters. The minimum atomic E-state index is -0.259. The molecule has 1 aromatic carbocycles. The zero-order chi connectivity index (χ0) is 24.0. The van der Waals surface area contributed by atoms with E-state index < -0.39 is 0 Å². The van der Waals surface area contributed by atoms with Crippen LogP contribution >= 0.6 is 23.1 Å². The molecule has 2 aromatic heterocycles. The third kappa shape index (κ3) is 6.70. The highest BCUT2D eigenvalue weighted by molar-refractivity contribution is 8.01. The number of nitrogens with zero attached hydrogens (tertiary/aromatic N) is 2. The Balaban J connectivity index is 1.71. The maximum atomic E-state index is 13.0. The molecule has 178 valence electrons. The Morgan fingerprint density at radius 1 is 1.18 bits per heavy atom. The van der Waals surface area contributed by atoms with E-state index in [1.807, 2.05) is 31.2 Å². The molecule has 0 saturated carbocycles. The average molecular weight is 486 g/mol. The van der Waals surface area contributed by atoms with Crippen molar-refractivity contribution in [1.82, 2.24) is 15.3 Å². The molecule has 3 rings (SSSR count). The summed E-state index contributed by atoms with van der Waals surface area (Å²) in [6, 6.07) is 10.2. The summed E-state index contributed by atoms with van der Waals surface area (Å²) < 4.78 is 8.19. The Kier molecular flexibility index (Phi) is 8.76. The number of fused-ring (bicyclic) bond motifs is 1. The Hall–Kier alpha value is -2.12. The molecule has 3 aromatic rings. The summed E-state index contributed by atoms with van der Waals surface area (Å²) in [5.41, 5.74) is 3.81. The summed E-state index contributed by atoms with van der Waals surface area (Å²) in [4.78, 5) is 22.4. The molecule has 1 unspecified atom stereocenters. The molecular weight excluding hydrogens is 450 g/mol. The number of nitrogens with one attached hydrogen (secondary N) is 1. The van der Waals surface area contributed by atoms with Gasteiger partial charge in [0.1, 0.15) is 0 Å². The van der Waals surface area contributed by atoms with Crippen LogP contribution in [-0.4, -0.2) is 28.2 Å². The maximum absolute atomic E-state index is 13.0. The smallest absolute Gasteiger partial charge is 0.227 e. The van der Waals surface area contributed by atoms with Crippen LogP contribution in [0.5, 0.6) is 5.88 Å². The molecule has 0 saturated heterocycles. The minimum Gasteiger partial charge on any atom is -0.477 e. The lowest BCUT2D eigenvalue weighted by Gasteiger charge is -2.20. The number of hydrogen-bond acceptors (Lipinski definition) is 6. The number of benzene rings is 1. The summed E-state index contributed by atoms with van der Waals surface area (Å²) in [7, 11) is 0. The Morgan fingerprint density at radius 2 is 1.97 bits per heavy atom. The van der Waals surface area contributed by atoms with Crippen LogP contribution in [0.1, 0.15) is 77.1 Å². The summed E-state index contributed by atoms with van der Waals surface area (Å²) in [5.74, 6) is 1.35. The van der Waals surface area contributed by atoms with Crippen molar-refractivity contribution in [2.24, 2.45) is 0 Å². The van der Waals surface area contributed by atoms with Gasteiger partial charge in [0.25, 0.3) is 0 Å². The van der Waals surface area contributed by atoms with E-state index in [1.165, 1.54) is 0 Å². The third-order valence-corrected chi connectivity index (χ3v) is 7.49. The van der Waals surface area contributed by atoms with Crippen molar-refractivity contribution in [2.45, 2.75) is 76.6 Å². The van der Waals surface area contributed by atoms with E-state index in [4.69, 9.17) is 9.72 Å². The lowest BCUT2D eigenvalue weighted by atomic mass is 9.91. The molecule has 1 N–H and O–H groups in total. The first-order valence-corrected chi connectivity index (χ1v) is 13.5. The van der Waals surface area contributed by atoms with E-state index in [0.29, 0.717) is 19.0 Å². The molecule has 1 amide bonds. The first kappa shape index (κ1) is 25.5. The highest BCUT2D eigenvalue weighted by atomic mass is 32.2. The first-order valence-electron chi connectivity index (χ1n) is 11.7. The topological polar surface area (TPSA) is 64.1 Å². The second-order valence-electron chi connectivity index (χ2n) is 9.19. The number of unbranched alkanes of at least 4 members (excludes halogenated alkanes) is 1. The highest BCUT2D eigenvalue weighted by Gasteiger charge is 2.20. The second-order valence-corrected chi connectivity index (χ2v) is 11.7. The zero-order valence-corrected chi connectivity index (χ0v) is 22.2. The standard InChI is InChI=1S/C26H35N3O2S2/c1-7-9-14-31-24-19(11-13-22(29-24)26(4,5)6)16-27-23(30)17(3)18-10-12-20-21(15-18)33-25(28-20)32-8-2/h10-13,15,17H,7-9,14,16H2,1-6H3,(H,27,30). The Bertz CT molecular complexity index is 1090. The summed E-state index contributed by atoms with van der Waals surface area (Å²) in [6.45, 7) is 13.6. The molecule has 7 heteroatoms. The maximum Gasteiger partial charge on any atom is 0.227 e. The fourth-order valence-electron chi connectivity index (χ4n) is 3.32. The number of carbonyl (C=O) groups excluding carboxylic acids is 1. The van der Waals surface area contributed by atoms with Crippen LogP contribution in [0, 0.1) is 0 Å². The first-order chi connectivity index (χ1) is 15.7. The molecule has 0 aliphatic carbocycles. The minimum absolute atomic E-state index is 0.0126. The summed E-state index contributed by atoms with van der Waals surface area (Å²) in [5, 5.41) is 3.08.